The van der Waals surface area contributed by atoms with Gasteiger partial charge < -0.3 is 15.2 Å². The Morgan fingerprint density at radius 3 is 2.62 bits per heavy atom. The van der Waals surface area contributed by atoms with E-state index in [4.69, 9.17) is 15.2 Å². The Morgan fingerprint density at radius 2 is 2.08 bits per heavy atom. The molecule has 1 heterocycles. The second-order valence-corrected chi connectivity index (χ2v) is 2.93. The van der Waals surface area contributed by atoms with Crippen LogP contribution >= 0.6 is 0 Å². The molecule has 0 spiro atoms. The molecule has 0 amide bonds. The highest BCUT2D eigenvalue weighted by Gasteiger charge is 2.09. The second kappa shape index (κ2) is 3.98. The van der Waals surface area contributed by atoms with Crippen LogP contribution in [0.15, 0.2) is 12.4 Å². The lowest BCUT2D eigenvalue weighted by atomic mass is 10.3. The summed E-state index contributed by atoms with van der Waals surface area (Å²) in [6, 6.07) is 0. The molecule has 0 aliphatic heterocycles. The molecule has 0 bridgehead atoms. The van der Waals surface area contributed by atoms with E-state index in [1.54, 1.807) is 13.3 Å². The van der Waals surface area contributed by atoms with Crippen molar-refractivity contribution in [1.82, 2.24) is 4.98 Å². The third kappa shape index (κ3) is 2.24. The Bertz CT molecular complexity index is 287. The smallest absolute Gasteiger partial charge is 0.187 e. The standard InChI is InChI=1S/C9H14N2O2/c1-6(2)13-8-5-11-4-7(10)9(8)12-3/h4-6H,10H2,1-3H3. The van der Waals surface area contributed by atoms with Crippen molar-refractivity contribution < 1.29 is 9.47 Å². The normalized spacial score (nSPS) is 10.2. The van der Waals surface area contributed by atoms with Gasteiger partial charge in [-0.1, -0.05) is 0 Å². The average Bonchev–Trinajstić information content (AvgIpc) is 2.03. The molecule has 0 unspecified atom stereocenters. The highest BCUT2D eigenvalue weighted by atomic mass is 16.5. The number of rotatable bonds is 3. The van der Waals surface area contributed by atoms with E-state index in [0.29, 0.717) is 17.2 Å². The Hall–Kier alpha value is -1.45. The molecular weight excluding hydrogens is 168 g/mol. The predicted octanol–water partition coefficient (Wildman–Crippen LogP) is 1.46. The summed E-state index contributed by atoms with van der Waals surface area (Å²) >= 11 is 0. The van der Waals surface area contributed by atoms with Gasteiger partial charge in [-0.05, 0) is 13.8 Å². The largest absolute Gasteiger partial charge is 0.491 e. The minimum atomic E-state index is 0.0810. The van der Waals surface area contributed by atoms with Gasteiger partial charge in [0, 0.05) is 0 Å². The molecule has 0 radical (unpaired) electrons. The van der Waals surface area contributed by atoms with Crippen LogP contribution in [0.1, 0.15) is 13.8 Å². The summed E-state index contributed by atoms with van der Waals surface area (Å²) in [5.74, 6) is 1.13. The third-order valence-corrected chi connectivity index (χ3v) is 1.46. The molecule has 0 atom stereocenters. The van der Waals surface area contributed by atoms with E-state index >= 15 is 0 Å². The molecule has 1 aromatic heterocycles. The first-order chi connectivity index (χ1) is 6.15. The number of methoxy groups -OCH3 is 1. The van der Waals surface area contributed by atoms with Gasteiger partial charge >= 0.3 is 0 Å². The molecule has 0 aromatic carbocycles. The first-order valence-corrected chi connectivity index (χ1v) is 4.09. The molecule has 4 nitrogen and oxygen atoms in total. The number of pyridine rings is 1. The number of hydrogen-bond donors (Lipinski definition) is 1. The molecule has 1 aromatic rings. The van der Waals surface area contributed by atoms with Crippen LogP contribution in [0.4, 0.5) is 5.69 Å². The van der Waals surface area contributed by atoms with Gasteiger partial charge in [-0.3, -0.25) is 4.98 Å². The number of nitrogen functional groups attached to an aromatic ring is 1. The van der Waals surface area contributed by atoms with E-state index in [-0.39, 0.29) is 6.10 Å². The van der Waals surface area contributed by atoms with Crippen molar-refractivity contribution in [2.75, 3.05) is 12.8 Å². The molecule has 2 N–H and O–H groups in total. The van der Waals surface area contributed by atoms with Crippen molar-refractivity contribution in [1.29, 1.82) is 0 Å². The zero-order valence-electron chi connectivity index (χ0n) is 8.07. The van der Waals surface area contributed by atoms with Gasteiger partial charge in [0.15, 0.2) is 11.5 Å². The van der Waals surface area contributed by atoms with E-state index in [1.807, 2.05) is 13.8 Å². The third-order valence-electron chi connectivity index (χ3n) is 1.46. The molecule has 72 valence electrons. The Kier molecular flexibility index (Phi) is 2.95. The molecule has 0 aliphatic carbocycles. The van der Waals surface area contributed by atoms with Crippen molar-refractivity contribution in [2.24, 2.45) is 0 Å². The zero-order valence-corrected chi connectivity index (χ0v) is 8.07. The van der Waals surface area contributed by atoms with E-state index in [0.717, 1.165) is 0 Å². The van der Waals surface area contributed by atoms with Gasteiger partial charge in [-0.25, -0.2) is 0 Å². The summed E-state index contributed by atoms with van der Waals surface area (Å²) in [4.78, 5) is 3.92. The summed E-state index contributed by atoms with van der Waals surface area (Å²) in [6.07, 6.45) is 3.21. The summed E-state index contributed by atoms with van der Waals surface area (Å²) in [5.41, 5.74) is 6.13. The summed E-state index contributed by atoms with van der Waals surface area (Å²) in [6.45, 7) is 3.87. The highest BCUT2D eigenvalue weighted by Crippen LogP contribution is 2.31. The summed E-state index contributed by atoms with van der Waals surface area (Å²) in [7, 11) is 1.55. The van der Waals surface area contributed by atoms with Crippen LogP contribution in [0.5, 0.6) is 11.5 Å². The molecule has 0 aliphatic rings. The fraction of sp³-hybridized carbons (Fsp3) is 0.444. The lowest BCUT2D eigenvalue weighted by molar-refractivity contribution is 0.229. The zero-order chi connectivity index (χ0) is 9.84. The minimum absolute atomic E-state index is 0.0810. The fourth-order valence-corrected chi connectivity index (χ4v) is 1.00. The summed E-state index contributed by atoms with van der Waals surface area (Å²) in [5, 5.41) is 0. The van der Waals surface area contributed by atoms with Gasteiger partial charge in [0.05, 0.1) is 31.3 Å². The van der Waals surface area contributed by atoms with Crippen molar-refractivity contribution in [3.63, 3.8) is 0 Å². The maximum Gasteiger partial charge on any atom is 0.187 e. The van der Waals surface area contributed by atoms with Crippen molar-refractivity contribution >= 4 is 5.69 Å². The number of nitrogens with two attached hydrogens (primary N) is 1. The Balaban J connectivity index is 2.98. The molecule has 0 saturated heterocycles. The maximum absolute atomic E-state index is 5.64. The van der Waals surface area contributed by atoms with Crippen LogP contribution in [-0.2, 0) is 0 Å². The van der Waals surface area contributed by atoms with Gasteiger partial charge in [0.1, 0.15) is 0 Å². The monoisotopic (exact) mass is 182 g/mol. The second-order valence-electron chi connectivity index (χ2n) is 2.93. The van der Waals surface area contributed by atoms with Crippen LogP contribution in [0.2, 0.25) is 0 Å². The number of hydrogen-bond acceptors (Lipinski definition) is 4. The van der Waals surface area contributed by atoms with Gasteiger partial charge in [0.25, 0.3) is 0 Å². The van der Waals surface area contributed by atoms with Crippen LogP contribution in [0.3, 0.4) is 0 Å². The summed E-state index contributed by atoms with van der Waals surface area (Å²) < 4.78 is 10.5. The van der Waals surface area contributed by atoms with E-state index in [1.165, 1.54) is 6.20 Å². The lowest BCUT2D eigenvalue weighted by Gasteiger charge is -2.13. The average molecular weight is 182 g/mol. The fourth-order valence-electron chi connectivity index (χ4n) is 1.00. The Labute approximate surface area is 77.7 Å². The van der Waals surface area contributed by atoms with Crippen molar-refractivity contribution in [3.8, 4) is 11.5 Å². The highest BCUT2D eigenvalue weighted by molar-refractivity contribution is 5.57. The maximum atomic E-state index is 5.64. The number of nitrogens with zero attached hydrogens (tertiary/aromatic N) is 1. The van der Waals surface area contributed by atoms with Crippen molar-refractivity contribution in [2.45, 2.75) is 20.0 Å². The van der Waals surface area contributed by atoms with Gasteiger partial charge in [0.2, 0.25) is 0 Å². The van der Waals surface area contributed by atoms with E-state index in [9.17, 15) is 0 Å². The van der Waals surface area contributed by atoms with Crippen molar-refractivity contribution in [3.05, 3.63) is 12.4 Å². The van der Waals surface area contributed by atoms with Crippen LogP contribution in [-0.4, -0.2) is 18.2 Å². The SMILES string of the molecule is COc1c(N)cncc1OC(C)C. The molecule has 13 heavy (non-hydrogen) atoms. The first-order valence-electron chi connectivity index (χ1n) is 4.09. The topological polar surface area (TPSA) is 57.4 Å². The van der Waals surface area contributed by atoms with E-state index in [2.05, 4.69) is 4.98 Å². The molecular formula is C9H14N2O2. The van der Waals surface area contributed by atoms with Crippen LogP contribution in [0.25, 0.3) is 0 Å². The molecule has 0 fully saturated rings. The van der Waals surface area contributed by atoms with Crippen LogP contribution in [0, 0.1) is 0 Å². The van der Waals surface area contributed by atoms with Gasteiger partial charge in [-0.15, -0.1) is 0 Å². The molecule has 0 saturated carbocycles. The minimum Gasteiger partial charge on any atom is -0.491 e. The Morgan fingerprint density at radius 1 is 1.38 bits per heavy atom. The molecule has 1 rings (SSSR count). The quantitative estimate of drug-likeness (QED) is 0.768. The first kappa shape index (κ1) is 9.64. The van der Waals surface area contributed by atoms with Crippen LogP contribution < -0.4 is 15.2 Å². The number of aromatic nitrogens is 1. The lowest BCUT2D eigenvalue weighted by Crippen LogP contribution is -2.07. The van der Waals surface area contributed by atoms with Gasteiger partial charge in [-0.2, -0.15) is 0 Å². The van der Waals surface area contributed by atoms with E-state index < -0.39 is 0 Å². The number of anilines is 1. The molecule has 4 heteroatoms. The predicted molar refractivity (Wildman–Crippen MR) is 51.0 cm³/mol. The number of ether oxygens (including phenoxy) is 2.